The highest BCUT2D eigenvalue weighted by molar-refractivity contribution is 9.09. The van der Waals surface area contributed by atoms with Gasteiger partial charge >= 0.3 is 0 Å². The number of methoxy groups -OCH3 is 1. The van der Waals surface area contributed by atoms with Gasteiger partial charge in [-0.3, -0.25) is 0 Å². The summed E-state index contributed by atoms with van der Waals surface area (Å²) in [5.74, 6) is 0.893. The minimum Gasteiger partial charge on any atom is -0.497 e. The van der Waals surface area contributed by atoms with Crippen molar-refractivity contribution in [2.45, 2.75) is 25.6 Å². The summed E-state index contributed by atoms with van der Waals surface area (Å²) in [6, 6.07) is 12.7. The Morgan fingerprint density at radius 2 is 1.63 bits per heavy atom. The molecule has 0 aliphatic heterocycles. The van der Waals surface area contributed by atoms with Crippen LogP contribution in [0.1, 0.15) is 32.6 Å². The number of aryl methyl sites for hydroxylation is 3. The summed E-state index contributed by atoms with van der Waals surface area (Å²) in [4.78, 5) is 0.197. The molecule has 0 spiro atoms. The van der Waals surface area contributed by atoms with E-state index in [0.29, 0.717) is 0 Å². The summed E-state index contributed by atoms with van der Waals surface area (Å²) in [6.45, 7) is 6.48. The van der Waals surface area contributed by atoms with Crippen molar-refractivity contribution >= 4 is 15.9 Å². The Hall–Kier alpha value is -1.28. The third-order valence-electron chi connectivity index (χ3n) is 3.38. The largest absolute Gasteiger partial charge is 0.497 e. The number of rotatable bonds is 3. The SMILES string of the molecule is COc1cccc(C(Br)c2c(C)cc(C)cc2C)c1. The Morgan fingerprint density at radius 3 is 2.21 bits per heavy atom. The summed E-state index contributed by atoms with van der Waals surface area (Å²) < 4.78 is 5.30. The molecule has 2 aromatic rings. The maximum atomic E-state index is 5.30. The van der Waals surface area contributed by atoms with Crippen LogP contribution < -0.4 is 4.74 Å². The van der Waals surface area contributed by atoms with E-state index in [1.807, 2.05) is 12.1 Å². The van der Waals surface area contributed by atoms with Crippen molar-refractivity contribution in [3.8, 4) is 5.75 Å². The van der Waals surface area contributed by atoms with E-state index in [1.165, 1.54) is 27.8 Å². The quantitative estimate of drug-likeness (QED) is 0.715. The third kappa shape index (κ3) is 3.01. The molecular weight excluding hydrogens is 300 g/mol. The van der Waals surface area contributed by atoms with E-state index >= 15 is 0 Å². The molecule has 1 atom stereocenters. The molecule has 2 heteroatoms. The lowest BCUT2D eigenvalue weighted by atomic mass is 9.94. The van der Waals surface area contributed by atoms with Crippen LogP contribution in [-0.4, -0.2) is 7.11 Å². The van der Waals surface area contributed by atoms with Gasteiger partial charge in [-0.1, -0.05) is 45.8 Å². The summed E-state index contributed by atoms with van der Waals surface area (Å²) in [6.07, 6.45) is 0. The van der Waals surface area contributed by atoms with Crippen molar-refractivity contribution in [2.75, 3.05) is 7.11 Å². The molecule has 0 saturated heterocycles. The Balaban J connectivity index is 2.46. The Morgan fingerprint density at radius 1 is 1.00 bits per heavy atom. The summed E-state index contributed by atoms with van der Waals surface area (Å²) in [5, 5.41) is 0. The van der Waals surface area contributed by atoms with E-state index in [9.17, 15) is 0 Å². The van der Waals surface area contributed by atoms with Crippen molar-refractivity contribution in [2.24, 2.45) is 0 Å². The van der Waals surface area contributed by atoms with E-state index in [0.717, 1.165) is 5.75 Å². The second-order valence-electron chi connectivity index (χ2n) is 4.95. The highest BCUT2D eigenvalue weighted by atomic mass is 79.9. The molecule has 0 saturated carbocycles. The number of hydrogen-bond donors (Lipinski definition) is 0. The highest BCUT2D eigenvalue weighted by Crippen LogP contribution is 2.36. The number of alkyl halides is 1. The summed E-state index contributed by atoms with van der Waals surface area (Å²) in [5.41, 5.74) is 6.52. The number of benzene rings is 2. The van der Waals surface area contributed by atoms with Gasteiger partial charge in [-0.05, 0) is 55.2 Å². The van der Waals surface area contributed by atoms with Crippen LogP contribution in [0.5, 0.6) is 5.75 Å². The van der Waals surface area contributed by atoms with Gasteiger partial charge < -0.3 is 4.74 Å². The molecule has 1 nitrogen and oxygen atoms in total. The lowest BCUT2D eigenvalue weighted by Gasteiger charge is -2.18. The van der Waals surface area contributed by atoms with Crippen molar-refractivity contribution in [3.63, 3.8) is 0 Å². The lowest BCUT2D eigenvalue weighted by molar-refractivity contribution is 0.414. The van der Waals surface area contributed by atoms with Gasteiger partial charge in [-0.25, -0.2) is 0 Å². The van der Waals surface area contributed by atoms with E-state index in [-0.39, 0.29) is 4.83 Å². The molecule has 0 amide bonds. The highest BCUT2D eigenvalue weighted by Gasteiger charge is 2.16. The van der Waals surface area contributed by atoms with Crippen LogP contribution in [0.2, 0.25) is 0 Å². The van der Waals surface area contributed by atoms with Gasteiger partial charge in [-0.15, -0.1) is 0 Å². The molecule has 100 valence electrons. The zero-order chi connectivity index (χ0) is 14.0. The number of ether oxygens (including phenoxy) is 1. The molecule has 0 radical (unpaired) electrons. The van der Waals surface area contributed by atoms with Gasteiger partial charge in [0, 0.05) is 0 Å². The van der Waals surface area contributed by atoms with Crippen molar-refractivity contribution in [3.05, 3.63) is 64.2 Å². The predicted octanol–water partition coefficient (Wildman–Crippen LogP) is 5.10. The second kappa shape index (κ2) is 5.79. The fourth-order valence-corrected chi connectivity index (χ4v) is 3.56. The Kier molecular flexibility index (Phi) is 4.31. The molecule has 2 aromatic carbocycles. The molecule has 0 aliphatic carbocycles. The molecule has 2 rings (SSSR count). The summed E-state index contributed by atoms with van der Waals surface area (Å²) in [7, 11) is 1.70. The summed E-state index contributed by atoms with van der Waals surface area (Å²) >= 11 is 3.83. The normalized spacial score (nSPS) is 12.3. The number of halogens is 1. The van der Waals surface area contributed by atoms with Crippen molar-refractivity contribution in [1.29, 1.82) is 0 Å². The maximum Gasteiger partial charge on any atom is 0.119 e. The minimum atomic E-state index is 0.197. The van der Waals surface area contributed by atoms with Crippen LogP contribution in [0.3, 0.4) is 0 Å². The predicted molar refractivity (Wildman–Crippen MR) is 84.4 cm³/mol. The number of hydrogen-bond acceptors (Lipinski definition) is 1. The minimum absolute atomic E-state index is 0.197. The fourth-order valence-electron chi connectivity index (χ4n) is 2.56. The van der Waals surface area contributed by atoms with Crippen molar-refractivity contribution in [1.82, 2.24) is 0 Å². The van der Waals surface area contributed by atoms with Gasteiger partial charge in [0.05, 0.1) is 11.9 Å². The first kappa shape index (κ1) is 14.1. The molecular formula is C17H19BrO. The van der Waals surface area contributed by atoms with Crippen LogP contribution in [0, 0.1) is 20.8 Å². The first-order chi connectivity index (χ1) is 9.02. The standard InChI is InChI=1S/C17H19BrO/c1-11-8-12(2)16(13(3)9-11)17(18)14-6-5-7-15(10-14)19-4/h5-10,17H,1-4H3. The Labute approximate surface area is 123 Å². The van der Waals surface area contributed by atoms with E-state index in [4.69, 9.17) is 4.74 Å². The van der Waals surface area contributed by atoms with Gasteiger partial charge in [0.2, 0.25) is 0 Å². The maximum absolute atomic E-state index is 5.30. The topological polar surface area (TPSA) is 9.23 Å². The molecule has 1 unspecified atom stereocenters. The van der Waals surface area contributed by atoms with Gasteiger partial charge in [-0.2, -0.15) is 0 Å². The molecule has 0 aromatic heterocycles. The third-order valence-corrected chi connectivity index (χ3v) is 4.36. The monoisotopic (exact) mass is 318 g/mol. The van der Waals surface area contributed by atoms with Gasteiger partial charge in [0.1, 0.15) is 5.75 Å². The first-order valence-corrected chi connectivity index (χ1v) is 7.30. The van der Waals surface area contributed by atoms with E-state index in [2.05, 4.69) is 61.0 Å². The molecule has 0 fully saturated rings. The van der Waals surface area contributed by atoms with E-state index < -0.39 is 0 Å². The molecule has 0 bridgehead atoms. The van der Waals surface area contributed by atoms with Gasteiger partial charge in [0.25, 0.3) is 0 Å². The molecule has 0 N–H and O–H groups in total. The first-order valence-electron chi connectivity index (χ1n) is 6.38. The van der Waals surface area contributed by atoms with Crippen molar-refractivity contribution < 1.29 is 4.74 Å². The zero-order valence-corrected chi connectivity index (χ0v) is 13.4. The van der Waals surface area contributed by atoms with E-state index in [1.54, 1.807) is 7.11 Å². The van der Waals surface area contributed by atoms with Gasteiger partial charge in [0.15, 0.2) is 0 Å². The zero-order valence-electron chi connectivity index (χ0n) is 11.8. The smallest absolute Gasteiger partial charge is 0.119 e. The molecule has 19 heavy (non-hydrogen) atoms. The van der Waals surface area contributed by atoms with Crippen LogP contribution in [-0.2, 0) is 0 Å². The second-order valence-corrected chi connectivity index (χ2v) is 5.87. The lowest BCUT2D eigenvalue weighted by Crippen LogP contribution is -2.00. The average Bonchev–Trinajstić information content (AvgIpc) is 2.37. The molecule has 0 heterocycles. The van der Waals surface area contributed by atoms with Crippen LogP contribution in [0.25, 0.3) is 0 Å². The van der Waals surface area contributed by atoms with Crippen LogP contribution in [0.4, 0.5) is 0 Å². The Bertz CT molecular complexity index is 567. The average molecular weight is 319 g/mol. The van der Waals surface area contributed by atoms with Crippen LogP contribution in [0.15, 0.2) is 36.4 Å². The fraction of sp³-hybridized carbons (Fsp3) is 0.294. The van der Waals surface area contributed by atoms with Crippen LogP contribution >= 0.6 is 15.9 Å². The molecule has 0 aliphatic rings.